The second-order valence-electron chi connectivity index (χ2n) is 8.74. The number of nitrogens with one attached hydrogen (secondary N) is 1. The summed E-state index contributed by atoms with van der Waals surface area (Å²) < 4.78 is 4.28. The summed E-state index contributed by atoms with van der Waals surface area (Å²) >= 11 is 2.70. The lowest BCUT2D eigenvalue weighted by atomic mass is 9.86. The van der Waals surface area contributed by atoms with Crippen molar-refractivity contribution in [1.82, 2.24) is 9.97 Å². The molecule has 0 aliphatic heterocycles. The van der Waals surface area contributed by atoms with Gasteiger partial charge in [0, 0.05) is 10.4 Å². The molecule has 160 valence electrons. The molecule has 0 aliphatic carbocycles. The van der Waals surface area contributed by atoms with Gasteiger partial charge in [0.25, 0.3) is 5.56 Å². The molecule has 0 saturated heterocycles. The Hall–Kier alpha value is -2.12. The van der Waals surface area contributed by atoms with Gasteiger partial charge in [-0.15, -0.1) is 11.3 Å². The Kier molecular flexibility index (Phi) is 6.16. The van der Waals surface area contributed by atoms with Crippen molar-refractivity contribution in [2.75, 3.05) is 6.61 Å². The molecule has 2 aromatic heterocycles. The fourth-order valence-corrected chi connectivity index (χ4v) is 5.23. The number of carbonyl (C=O) groups excluding carboxylic acids is 1. The van der Waals surface area contributed by atoms with E-state index >= 15 is 0 Å². The minimum atomic E-state index is -0.850. The number of carbonyl (C=O) groups is 1. The number of benzene rings is 1. The van der Waals surface area contributed by atoms with Crippen LogP contribution in [0.3, 0.4) is 0 Å². The number of fused-ring (bicyclic) bond motifs is 1. The number of hydrogen-bond donors (Lipinski definition) is 1. The number of H-pyrrole nitrogens is 1. The Labute approximate surface area is 185 Å². The van der Waals surface area contributed by atoms with Crippen LogP contribution in [-0.4, -0.2) is 27.3 Å². The van der Waals surface area contributed by atoms with Crippen LogP contribution in [-0.2, 0) is 14.9 Å². The van der Waals surface area contributed by atoms with Crippen molar-refractivity contribution in [3.05, 3.63) is 45.1 Å². The average Bonchev–Trinajstić information content (AvgIpc) is 2.97. The van der Waals surface area contributed by atoms with E-state index in [2.05, 4.69) is 55.0 Å². The van der Waals surface area contributed by atoms with Crippen LogP contribution in [0, 0.1) is 6.92 Å². The van der Waals surface area contributed by atoms with Crippen LogP contribution in [0.5, 0.6) is 0 Å². The number of hydrogen-bond acceptors (Lipinski definition) is 6. The van der Waals surface area contributed by atoms with Crippen LogP contribution in [0.4, 0.5) is 0 Å². The van der Waals surface area contributed by atoms with Gasteiger partial charge in [-0.2, -0.15) is 0 Å². The predicted molar refractivity (Wildman–Crippen MR) is 126 cm³/mol. The molecule has 7 heteroatoms. The fourth-order valence-electron chi connectivity index (χ4n) is 3.22. The number of ether oxygens (including phenoxy) is 1. The first kappa shape index (κ1) is 22.6. The monoisotopic (exact) mass is 444 g/mol. The highest BCUT2D eigenvalue weighted by molar-refractivity contribution is 8.01. The highest BCUT2D eigenvalue weighted by atomic mass is 32.2. The summed E-state index contributed by atoms with van der Waals surface area (Å²) in [7, 11) is 0. The first-order valence-corrected chi connectivity index (χ1v) is 11.6. The van der Waals surface area contributed by atoms with Crippen molar-refractivity contribution >= 4 is 39.3 Å². The Balaban J connectivity index is 2.03. The van der Waals surface area contributed by atoms with Crippen LogP contribution in [0.2, 0.25) is 0 Å². The smallest absolute Gasteiger partial charge is 0.322 e. The zero-order chi connectivity index (χ0) is 22.3. The minimum absolute atomic E-state index is 0.0706. The summed E-state index contributed by atoms with van der Waals surface area (Å²) in [6, 6.07) is 8.38. The van der Waals surface area contributed by atoms with E-state index in [4.69, 9.17) is 4.74 Å². The summed E-state index contributed by atoms with van der Waals surface area (Å²) in [6.45, 7) is 14.2. The summed E-state index contributed by atoms with van der Waals surface area (Å²) in [5, 5.41) is 1.01. The van der Waals surface area contributed by atoms with Gasteiger partial charge in [-0.3, -0.25) is 9.59 Å². The zero-order valence-corrected chi connectivity index (χ0v) is 20.1. The molecule has 3 rings (SSSR count). The predicted octanol–water partition coefficient (Wildman–Crippen LogP) is 5.69. The van der Waals surface area contributed by atoms with Crippen LogP contribution in [0.25, 0.3) is 21.3 Å². The van der Waals surface area contributed by atoms with Crippen molar-refractivity contribution in [2.45, 2.75) is 63.8 Å². The summed E-state index contributed by atoms with van der Waals surface area (Å²) in [4.78, 5) is 34.4. The normalized spacial score (nSPS) is 12.4. The highest BCUT2D eigenvalue weighted by Gasteiger charge is 2.32. The Morgan fingerprint density at radius 2 is 1.80 bits per heavy atom. The second kappa shape index (κ2) is 8.19. The molecule has 30 heavy (non-hydrogen) atoms. The molecule has 0 fully saturated rings. The minimum Gasteiger partial charge on any atom is -0.465 e. The molecular weight excluding hydrogens is 416 g/mol. The molecule has 2 heterocycles. The van der Waals surface area contributed by atoms with Crippen molar-refractivity contribution < 1.29 is 9.53 Å². The third-order valence-electron chi connectivity index (χ3n) is 4.87. The lowest BCUT2D eigenvalue weighted by Crippen LogP contribution is -2.30. The standard InChI is InChI=1S/C23H28N2O3S2/c1-8-28-20(27)23(6,7)30-21-24-18(26)17-16(13(2)29-19(17)25-21)14-9-11-15(12-10-14)22(3,4)5/h9-12H,8H2,1-7H3,(H,24,25,26). The zero-order valence-electron chi connectivity index (χ0n) is 18.5. The summed E-state index contributed by atoms with van der Waals surface area (Å²) in [5.41, 5.74) is 3.05. The number of esters is 1. The Morgan fingerprint density at radius 1 is 1.17 bits per heavy atom. The van der Waals surface area contributed by atoms with Gasteiger partial charge in [0.1, 0.15) is 9.58 Å². The van der Waals surface area contributed by atoms with Crippen LogP contribution >= 0.6 is 23.1 Å². The van der Waals surface area contributed by atoms with Gasteiger partial charge in [-0.25, -0.2) is 4.98 Å². The van der Waals surface area contributed by atoms with E-state index in [1.54, 1.807) is 20.8 Å². The maximum atomic E-state index is 13.0. The molecule has 5 nitrogen and oxygen atoms in total. The van der Waals surface area contributed by atoms with Crippen LogP contribution in [0.1, 0.15) is 52.0 Å². The summed E-state index contributed by atoms with van der Waals surface area (Å²) in [6.07, 6.45) is 0. The van der Waals surface area contributed by atoms with Gasteiger partial charge in [-0.1, -0.05) is 56.8 Å². The largest absolute Gasteiger partial charge is 0.465 e. The van der Waals surface area contributed by atoms with E-state index in [1.165, 1.54) is 28.7 Å². The van der Waals surface area contributed by atoms with E-state index in [-0.39, 0.29) is 16.9 Å². The molecule has 0 amide bonds. The Bertz CT molecular complexity index is 1140. The molecule has 0 aliphatic rings. The second-order valence-corrected chi connectivity index (χ2v) is 11.6. The molecule has 0 unspecified atom stereocenters. The first-order chi connectivity index (χ1) is 13.9. The van der Waals surface area contributed by atoms with Crippen molar-refractivity contribution in [1.29, 1.82) is 0 Å². The van der Waals surface area contributed by atoms with Crippen LogP contribution in [0.15, 0.2) is 34.2 Å². The van der Waals surface area contributed by atoms with E-state index < -0.39 is 4.75 Å². The number of rotatable bonds is 5. The molecule has 0 spiro atoms. The number of aryl methyl sites for hydroxylation is 1. The molecule has 1 aromatic carbocycles. The van der Waals surface area contributed by atoms with Gasteiger partial charge < -0.3 is 9.72 Å². The maximum absolute atomic E-state index is 13.0. The fraction of sp³-hybridized carbons (Fsp3) is 0.435. The highest BCUT2D eigenvalue weighted by Crippen LogP contribution is 2.38. The van der Waals surface area contributed by atoms with E-state index in [0.717, 1.165) is 16.0 Å². The first-order valence-electron chi connectivity index (χ1n) is 9.94. The number of aromatic amines is 1. The quantitative estimate of drug-likeness (QED) is 0.311. The van der Waals surface area contributed by atoms with Gasteiger partial charge in [0.05, 0.1) is 12.0 Å². The van der Waals surface area contributed by atoms with Crippen molar-refractivity contribution in [2.24, 2.45) is 0 Å². The third kappa shape index (κ3) is 4.47. The molecule has 0 saturated carbocycles. The number of thioether (sulfide) groups is 1. The third-order valence-corrected chi connectivity index (χ3v) is 6.94. The van der Waals surface area contributed by atoms with Crippen molar-refractivity contribution in [3.8, 4) is 11.1 Å². The Morgan fingerprint density at radius 3 is 2.37 bits per heavy atom. The SMILES string of the molecule is CCOC(=O)C(C)(C)Sc1nc2sc(C)c(-c3ccc(C(C)(C)C)cc3)c2c(=O)[nH]1. The maximum Gasteiger partial charge on any atom is 0.322 e. The lowest BCUT2D eigenvalue weighted by molar-refractivity contribution is -0.145. The molecule has 1 N–H and O–H groups in total. The van der Waals surface area contributed by atoms with E-state index in [0.29, 0.717) is 22.0 Å². The van der Waals surface area contributed by atoms with Crippen LogP contribution < -0.4 is 5.56 Å². The van der Waals surface area contributed by atoms with E-state index in [1.807, 2.05) is 6.92 Å². The number of nitrogens with zero attached hydrogens (tertiary/aromatic N) is 1. The van der Waals surface area contributed by atoms with Crippen molar-refractivity contribution in [3.63, 3.8) is 0 Å². The molecule has 0 atom stereocenters. The van der Waals surface area contributed by atoms with E-state index in [9.17, 15) is 9.59 Å². The average molecular weight is 445 g/mol. The lowest BCUT2D eigenvalue weighted by Gasteiger charge is -2.20. The van der Waals surface area contributed by atoms with Gasteiger partial charge in [-0.05, 0) is 44.2 Å². The van der Waals surface area contributed by atoms with Gasteiger partial charge >= 0.3 is 5.97 Å². The molecule has 0 bridgehead atoms. The molecule has 3 aromatic rings. The topological polar surface area (TPSA) is 72.0 Å². The van der Waals surface area contributed by atoms with Gasteiger partial charge in [0.15, 0.2) is 5.16 Å². The summed E-state index contributed by atoms with van der Waals surface area (Å²) in [5.74, 6) is -0.334. The number of aromatic nitrogens is 2. The molecule has 0 radical (unpaired) electrons. The number of thiophene rings is 1. The molecular formula is C23H28N2O3S2. The van der Waals surface area contributed by atoms with Gasteiger partial charge in [0.2, 0.25) is 0 Å².